The monoisotopic (exact) mass is 1080 g/mol. The first-order chi connectivity index (χ1) is 36.9. The third-order valence-corrected chi connectivity index (χ3v) is 14.7. The van der Waals surface area contributed by atoms with Crippen LogP contribution in [-0.4, -0.2) is 155 Å². The second-order valence-corrected chi connectivity index (χ2v) is 20.4. The van der Waals surface area contributed by atoms with Gasteiger partial charge < -0.3 is 81.4 Å². The largest absolute Gasteiger partial charge is 0.480 e. The molecule has 25 heteroatoms. The zero-order valence-electron chi connectivity index (χ0n) is 44.8. The summed E-state index contributed by atoms with van der Waals surface area (Å²) in [6.45, 7) is 0.868. The topological polar surface area (TPSA) is 434 Å². The zero-order valence-corrected chi connectivity index (χ0v) is 44.8. The minimum atomic E-state index is -1.27. The van der Waals surface area contributed by atoms with Crippen LogP contribution in [-0.2, 0) is 40.0 Å². The number of aliphatic imine (C=N–C) groups is 3. The lowest BCUT2D eigenvalue weighted by Gasteiger charge is -2.41. The van der Waals surface area contributed by atoms with Crippen LogP contribution in [0.5, 0.6) is 0 Å². The van der Waals surface area contributed by atoms with E-state index in [0.29, 0.717) is 83.0 Å². The molecule has 430 valence electrons. The van der Waals surface area contributed by atoms with Crippen molar-refractivity contribution >= 4 is 59.3 Å². The molecule has 8 atom stereocenters. The maximum absolute atomic E-state index is 15.0. The number of carbonyl (C=O) groups is 7. The molecule has 0 bridgehead atoms. The van der Waals surface area contributed by atoms with Crippen LogP contribution in [0.4, 0.5) is 0 Å². The molecule has 4 rings (SSSR count). The number of unbranched alkanes of at least 4 members (excludes halogenated alkanes) is 8. The summed E-state index contributed by atoms with van der Waals surface area (Å²) >= 11 is 0. The summed E-state index contributed by atoms with van der Waals surface area (Å²) in [4.78, 5) is 109. The Morgan fingerprint density at radius 3 is 1.83 bits per heavy atom. The van der Waals surface area contributed by atoms with Gasteiger partial charge in [0.2, 0.25) is 35.4 Å². The highest BCUT2D eigenvalue weighted by Crippen LogP contribution is 2.43. The number of nitrogens with zero attached hydrogens (tertiary/aromatic N) is 5. The van der Waals surface area contributed by atoms with Crippen LogP contribution in [0.15, 0.2) is 39.2 Å². The van der Waals surface area contributed by atoms with E-state index in [9.17, 15) is 43.8 Å². The Morgan fingerprint density at radius 2 is 1.22 bits per heavy atom. The number of rotatable bonds is 34. The molecular formula is C52H88N16O9. The van der Waals surface area contributed by atoms with Crippen molar-refractivity contribution in [2.24, 2.45) is 66.9 Å². The third kappa shape index (κ3) is 21.0. The number of nitrogens with one attached hydrogen (secondary N) is 4. The molecule has 0 spiro atoms. The van der Waals surface area contributed by atoms with Gasteiger partial charge in [-0.05, 0) is 87.7 Å². The fourth-order valence-electron chi connectivity index (χ4n) is 10.6. The number of carboxylic acids is 1. The Morgan fingerprint density at radius 1 is 0.649 bits per heavy atom. The number of carboxylic acid groups (broad SMARTS) is 1. The zero-order chi connectivity index (χ0) is 56.3. The summed E-state index contributed by atoms with van der Waals surface area (Å²) in [5.74, 6) is -4.76. The summed E-state index contributed by atoms with van der Waals surface area (Å²) in [7, 11) is 0. The van der Waals surface area contributed by atoms with Crippen molar-refractivity contribution in [2.45, 2.75) is 171 Å². The van der Waals surface area contributed by atoms with E-state index >= 15 is 0 Å². The molecule has 77 heavy (non-hydrogen) atoms. The summed E-state index contributed by atoms with van der Waals surface area (Å²) in [6, 6.07) is 1.97. The predicted octanol–water partition coefficient (Wildman–Crippen LogP) is -0.834. The van der Waals surface area contributed by atoms with Crippen LogP contribution in [0, 0.1) is 11.8 Å². The SMILES string of the molecule is NC(N)=NCCC[C@H](NC(=O)C1CN(C(=O)C2c3ccccc3CCN2C(=O)[C@H](CO)NC(=O)CCCCCCCCCCCNC(=O)[C@H](CCCN=C(N)N)NC(=O)[C@@H](N)CCCN=C(N)N)C2CCCCC12)C(=O)O. The van der Waals surface area contributed by atoms with E-state index in [4.69, 9.17) is 40.1 Å². The first-order valence-electron chi connectivity index (χ1n) is 27.5. The number of benzene rings is 1. The number of likely N-dealkylation sites (tertiary alicyclic amines) is 1. The Balaban J connectivity index is 1.20. The molecule has 4 unspecified atom stereocenters. The Kier molecular flexibility index (Phi) is 27.2. The molecule has 1 aliphatic carbocycles. The van der Waals surface area contributed by atoms with Gasteiger partial charge >= 0.3 is 5.97 Å². The molecule has 1 saturated heterocycles. The van der Waals surface area contributed by atoms with E-state index in [1.165, 1.54) is 4.90 Å². The fourth-order valence-corrected chi connectivity index (χ4v) is 10.6. The van der Waals surface area contributed by atoms with Crippen molar-refractivity contribution in [3.05, 3.63) is 35.4 Å². The molecule has 1 aromatic rings. The van der Waals surface area contributed by atoms with Crippen molar-refractivity contribution in [3.8, 4) is 0 Å². The Bertz CT molecular complexity index is 2180. The first kappa shape index (κ1) is 62.8. The van der Waals surface area contributed by atoms with Crippen LogP contribution in [0.25, 0.3) is 0 Å². The molecule has 1 saturated carbocycles. The van der Waals surface area contributed by atoms with Gasteiger partial charge in [0.1, 0.15) is 24.2 Å². The van der Waals surface area contributed by atoms with E-state index in [0.717, 1.165) is 69.8 Å². The molecule has 0 radical (unpaired) electrons. The third-order valence-electron chi connectivity index (χ3n) is 14.7. The normalized spacial score (nSPS) is 19.2. The van der Waals surface area contributed by atoms with E-state index in [1.807, 2.05) is 18.2 Å². The number of nitrogens with two attached hydrogens (primary N) is 7. The Labute approximate surface area is 452 Å². The number of guanidine groups is 3. The van der Waals surface area contributed by atoms with Crippen LogP contribution in [0.2, 0.25) is 0 Å². The van der Waals surface area contributed by atoms with E-state index in [2.05, 4.69) is 36.2 Å². The number of aliphatic hydroxyl groups is 1. The fraction of sp³-hybridized carbons (Fsp3) is 0.692. The van der Waals surface area contributed by atoms with Gasteiger partial charge in [0.25, 0.3) is 0 Å². The van der Waals surface area contributed by atoms with Crippen molar-refractivity contribution < 1.29 is 43.8 Å². The Hall–Kier alpha value is -6.76. The summed E-state index contributed by atoms with van der Waals surface area (Å²) in [5.41, 5.74) is 40.0. The molecule has 2 fully saturated rings. The average Bonchev–Trinajstić information content (AvgIpc) is 3.83. The van der Waals surface area contributed by atoms with E-state index in [-0.39, 0.29) is 80.0 Å². The molecular weight excluding hydrogens is 993 g/mol. The van der Waals surface area contributed by atoms with Gasteiger partial charge in [-0.25, -0.2) is 4.79 Å². The van der Waals surface area contributed by atoms with Gasteiger partial charge in [-0.1, -0.05) is 82.1 Å². The van der Waals surface area contributed by atoms with Gasteiger partial charge in [-0.2, -0.15) is 0 Å². The second-order valence-electron chi connectivity index (χ2n) is 20.4. The van der Waals surface area contributed by atoms with Gasteiger partial charge in [-0.15, -0.1) is 0 Å². The predicted molar refractivity (Wildman–Crippen MR) is 293 cm³/mol. The van der Waals surface area contributed by atoms with Crippen LogP contribution >= 0.6 is 0 Å². The molecule has 2 heterocycles. The highest BCUT2D eigenvalue weighted by atomic mass is 16.4. The minimum absolute atomic E-state index is 0.0408. The minimum Gasteiger partial charge on any atom is -0.480 e. The number of hydrogen-bond acceptors (Lipinski definition) is 12. The van der Waals surface area contributed by atoms with Gasteiger partial charge in [0, 0.05) is 51.7 Å². The van der Waals surface area contributed by atoms with Crippen molar-refractivity contribution in [3.63, 3.8) is 0 Å². The highest BCUT2D eigenvalue weighted by Gasteiger charge is 2.51. The van der Waals surface area contributed by atoms with Crippen LogP contribution in [0.1, 0.15) is 146 Å². The van der Waals surface area contributed by atoms with Gasteiger partial charge in [0.15, 0.2) is 17.9 Å². The standard InChI is InChI=1S/C52H88N16O9/c53-37(20-14-27-61-50(54)55)45(72)65-38(21-15-28-62-51(56)57)46(73)60-26-13-7-5-3-1-2-4-6-8-24-42(70)64-40(32-69)47(74)67-30-25-33-17-9-10-18-34(33)43(67)48(75)68-31-36(35-19-11-12-23-41(35)68)44(71)66-39(49(76)77)22-16-29-63-52(58)59/h9-10,17-18,35-41,43,69H,1-8,11-16,19-32,53H2,(H,60,73)(H,64,70)(H,65,72)(H,66,71)(H,76,77)(H4,54,55,61)(H4,56,57,62)(H4,58,59,63)/t35?,36?,37-,38-,39-,40-,41?,43?/m0/s1. The highest BCUT2D eigenvalue weighted by molar-refractivity contribution is 5.95. The number of fused-ring (bicyclic) bond motifs is 2. The molecule has 0 aromatic heterocycles. The van der Waals surface area contributed by atoms with Crippen molar-refractivity contribution in [1.82, 2.24) is 31.1 Å². The molecule has 1 aromatic carbocycles. The lowest BCUT2D eigenvalue weighted by Crippen LogP contribution is -2.56. The molecule has 3 aliphatic rings. The maximum atomic E-state index is 15.0. The van der Waals surface area contributed by atoms with E-state index < -0.39 is 66.4 Å². The summed E-state index contributed by atoms with van der Waals surface area (Å²) < 4.78 is 0. The first-order valence-corrected chi connectivity index (χ1v) is 27.5. The average molecular weight is 1080 g/mol. The van der Waals surface area contributed by atoms with Crippen LogP contribution in [0.3, 0.4) is 0 Å². The number of aliphatic carboxylic acids is 1. The summed E-state index contributed by atoms with van der Waals surface area (Å²) in [6.07, 6.45) is 13.7. The van der Waals surface area contributed by atoms with Gasteiger partial charge in [0.05, 0.1) is 18.6 Å². The van der Waals surface area contributed by atoms with Crippen molar-refractivity contribution in [1.29, 1.82) is 0 Å². The van der Waals surface area contributed by atoms with E-state index in [1.54, 1.807) is 11.0 Å². The second kappa shape index (κ2) is 33.4. The molecule has 25 nitrogen and oxygen atoms in total. The smallest absolute Gasteiger partial charge is 0.326 e. The van der Waals surface area contributed by atoms with Crippen LogP contribution < -0.4 is 61.4 Å². The number of carbonyl (C=O) groups excluding carboxylic acids is 6. The summed E-state index contributed by atoms with van der Waals surface area (Å²) in [5, 5.41) is 31.5. The quantitative estimate of drug-likeness (QED) is 0.0227. The number of aliphatic hydroxyl groups excluding tert-OH is 1. The van der Waals surface area contributed by atoms with Crippen molar-refractivity contribution in [2.75, 3.05) is 45.9 Å². The van der Waals surface area contributed by atoms with Gasteiger partial charge in [-0.3, -0.25) is 43.7 Å². The number of hydrogen-bond donors (Lipinski definition) is 13. The molecule has 20 N–H and O–H groups in total. The maximum Gasteiger partial charge on any atom is 0.326 e. The number of amides is 6. The lowest BCUT2D eigenvalue weighted by molar-refractivity contribution is -0.150. The molecule has 2 aliphatic heterocycles. The molecule has 6 amide bonds. The lowest BCUT2D eigenvalue weighted by atomic mass is 9.79.